The number of amides is 1. The first-order valence-corrected chi connectivity index (χ1v) is 9.17. The molecule has 0 saturated heterocycles. The maximum absolute atomic E-state index is 12.3. The lowest BCUT2D eigenvalue weighted by atomic mass is 10.0. The van der Waals surface area contributed by atoms with Crippen LogP contribution in [0.25, 0.3) is 0 Å². The molecule has 2 atom stereocenters. The van der Waals surface area contributed by atoms with Crippen LogP contribution >= 0.6 is 0 Å². The standard InChI is InChI=1S/C21H25N3O/c22-12-16-10-17(24-21(25)15-4-2-1-3-5-15)8-9-18(16)19-11-20(19)23-13-14-6-7-14/h1-5,8-10,14,19-20,23H,6-7,11-13,22H2,(H,24,25)/t19-,20+/m0/s1. The van der Waals surface area contributed by atoms with Crippen LogP contribution in [0.2, 0.25) is 0 Å². The van der Waals surface area contributed by atoms with Crippen LogP contribution < -0.4 is 16.4 Å². The molecule has 0 aliphatic heterocycles. The van der Waals surface area contributed by atoms with Gasteiger partial charge in [0.2, 0.25) is 0 Å². The first-order chi connectivity index (χ1) is 12.2. The Kier molecular flexibility index (Phi) is 4.55. The number of hydrogen-bond acceptors (Lipinski definition) is 3. The SMILES string of the molecule is NCc1cc(NC(=O)c2ccccc2)ccc1[C@@H]1C[C@H]1NCC1CC1. The second kappa shape index (κ2) is 6.98. The maximum atomic E-state index is 12.3. The van der Waals surface area contributed by atoms with Crippen LogP contribution in [-0.2, 0) is 6.54 Å². The Balaban J connectivity index is 1.42. The first kappa shape index (κ1) is 16.3. The lowest BCUT2D eigenvalue weighted by Gasteiger charge is -2.12. The molecule has 0 aromatic heterocycles. The summed E-state index contributed by atoms with van der Waals surface area (Å²) in [4.78, 5) is 12.3. The molecule has 2 aromatic rings. The summed E-state index contributed by atoms with van der Waals surface area (Å²) >= 11 is 0. The molecule has 25 heavy (non-hydrogen) atoms. The zero-order valence-corrected chi connectivity index (χ0v) is 14.4. The van der Waals surface area contributed by atoms with Gasteiger partial charge < -0.3 is 16.4 Å². The zero-order valence-electron chi connectivity index (χ0n) is 14.4. The molecule has 4 heteroatoms. The second-order valence-corrected chi connectivity index (χ2v) is 7.24. The quantitative estimate of drug-likeness (QED) is 0.727. The number of anilines is 1. The highest BCUT2D eigenvalue weighted by molar-refractivity contribution is 6.04. The monoisotopic (exact) mass is 335 g/mol. The summed E-state index contributed by atoms with van der Waals surface area (Å²) in [6.45, 7) is 1.65. The van der Waals surface area contributed by atoms with E-state index in [0.29, 0.717) is 24.1 Å². The van der Waals surface area contributed by atoms with Crippen LogP contribution in [0.15, 0.2) is 48.5 Å². The number of benzene rings is 2. The van der Waals surface area contributed by atoms with Crippen LogP contribution in [0.3, 0.4) is 0 Å². The van der Waals surface area contributed by atoms with Gasteiger partial charge in [-0.1, -0.05) is 24.3 Å². The molecular formula is C21H25N3O. The van der Waals surface area contributed by atoms with Crippen LogP contribution in [-0.4, -0.2) is 18.5 Å². The summed E-state index contributed by atoms with van der Waals surface area (Å²) in [5.41, 5.74) is 9.90. The number of carbonyl (C=O) groups is 1. The Morgan fingerprint density at radius 2 is 1.92 bits per heavy atom. The molecule has 2 aliphatic carbocycles. The van der Waals surface area contributed by atoms with Crippen LogP contribution in [0.1, 0.15) is 46.7 Å². The van der Waals surface area contributed by atoms with Gasteiger partial charge >= 0.3 is 0 Å². The summed E-state index contributed by atoms with van der Waals surface area (Å²) in [5, 5.41) is 6.65. The van der Waals surface area contributed by atoms with Crippen LogP contribution in [0.4, 0.5) is 5.69 Å². The van der Waals surface area contributed by atoms with Gasteiger partial charge in [-0.05, 0) is 67.1 Å². The van der Waals surface area contributed by atoms with Crippen molar-refractivity contribution in [1.82, 2.24) is 5.32 Å². The topological polar surface area (TPSA) is 67.1 Å². The average molecular weight is 335 g/mol. The van der Waals surface area contributed by atoms with Crippen molar-refractivity contribution >= 4 is 11.6 Å². The fraction of sp³-hybridized carbons (Fsp3) is 0.381. The van der Waals surface area contributed by atoms with Gasteiger partial charge in [0.05, 0.1) is 0 Å². The number of carbonyl (C=O) groups excluding carboxylic acids is 1. The molecule has 0 spiro atoms. The summed E-state index contributed by atoms with van der Waals surface area (Å²) in [6.07, 6.45) is 3.96. The second-order valence-electron chi connectivity index (χ2n) is 7.24. The van der Waals surface area contributed by atoms with Crippen LogP contribution in [0.5, 0.6) is 0 Å². The van der Waals surface area contributed by atoms with Crippen LogP contribution in [0, 0.1) is 5.92 Å². The van der Waals surface area contributed by atoms with E-state index in [1.807, 2.05) is 42.5 Å². The lowest BCUT2D eigenvalue weighted by molar-refractivity contribution is 0.102. The predicted molar refractivity (Wildman–Crippen MR) is 101 cm³/mol. The zero-order chi connectivity index (χ0) is 17.2. The molecule has 0 unspecified atom stereocenters. The molecule has 2 aliphatic rings. The third kappa shape index (κ3) is 3.91. The third-order valence-electron chi connectivity index (χ3n) is 5.21. The number of hydrogen-bond donors (Lipinski definition) is 3. The molecule has 2 aromatic carbocycles. The molecule has 0 bridgehead atoms. The van der Waals surface area contributed by atoms with Crippen molar-refractivity contribution in [3.8, 4) is 0 Å². The van der Waals surface area contributed by atoms with Gasteiger partial charge in [-0.2, -0.15) is 0 Å². The summed E-state index contributed by atoms with van der Waals surface area (Å²) in [6, 6.07) is 16.0. The van der Waals surface area contributed by atoms with E-state index in [4.69, 9.17) is 5.73 Å². The van der Waals surface area contributed by atoms with E-state index in [-0.39, 0.29) is 5.91 Å². The Morgan fingerprint density at radius 3 is 2.64 bits per heavy atom. The van der Waals surface area contributed by atoms with Gasteiger partial charge in [-0.25, -0.2) is 0 Å². The number of nitrogens with one attached hydrogen (secondary N) is 2. The number of rotatable bonds is 7. The molecule has 130 valence electrons. The van der Waals surface area contributed by atoms with Gasteiger partial charge in [0.25, 0.3) is 5.91 Å². The van der Waals surface area contributed by atoms with Crippen molar-refractivity contribution in [2.45, 2.75) is 37.8 Å². The molecule has 2 fully saturated rings. The summed E-state index contributed by atoms with van der Waals surface area (Å²) in [7, 11) is 0. The van der Waals surface area contributed by atoms with Crippen molar-refractivity contribution < 1.29 is 4.79 Å². The largest absolute Gasteiger partial charge is 0.326 e. The normalized spacial score (nSPS) is 21.8. The molecule has 1 amide bonds. The van der Waals surface area contributed by atoms with E-state index < -0.39 is 0 Å². The minimum atomic E-state index is -0.0910. The molecule has 4 rings (SSSR count). The van der Waals surface area contributed by atoms with Gasteiger partial charge in [0, 0.05) is 29.8 Å². The third-order valence-corrected chi connectivity index (χ3v) is 5.21. The van der Waals surface area contributed by atoms with Crippen molar-refractivity contribution in [3.63, 3.8) is 0 Å². The van der Waals surface area contributed by atoms with Gasteiger partial charge in [0.15, 0.2) is 0 Å². The first-order valence-electron chi connectivity index (χ1n) is 9.17. The van der Waals surface area contributed by atoms with E-state index in [9.17, 15) is 4.79 Å². The maximum Gasteiger partial charge on any atom is 0.255 e. The predicted octanol–water partition coefficient (Wildman–Crippen LogP) is 3.25. The summed E-state index contributed by atoms with van der Waals surface area (Å²) < 4.78 is 0. The van der Waals surface area contributed by atoms with Crippen molar-refractivity contribution in [2.24, 2.45) is 11.7 Å². The Hall–Kier alpha value is -2.17. The van der Waals surface area contributed by atoms with E-state index in [1.54, 1.807) is 0 Å². The Morgan fingerprint density at radius 1 is 1.12 bits per heavy atom. The summed E-state index contributed by atoms with van der Waals surface area (Å²) in [5.74, 6) is 1.38. The van der Waals surface area contributed by atoms with Crippen molar-refractivity contribution in [1.29, 1.82) is 0 Å². The van der Waals surface area contributed by atoms with Gasteiger partial charge in [-0.15, -0.1) is 0 Å². The van der Waals surface area contributed by atoms with Crippen molar-refractivity contribution in [3.05, 3.63) is 65.2 Å². The highest BCUT2D eigenvalue weighted by Crippen LogP contribution is 2.43. The fourth-order valence-electron chi connectivity index (χ4n) is 3.42. The molecule has 4 nitrogen and oxygen atoms in total. The van der Waals surface area contributed by atoms with Gasteiger partial charge in [0.1, 0.15) is 0 Å². The molecule has 4 N–H and O–H groups in total. The fourth-order valence-corrected chi connectivity index (χ4v) is 3.42. The number of nitrogens with two attached hydrogens (primary N) is 1. The molecule has 2 saturated carbocycles. The van der Waals surface area contributed by atoms with E-state index in [1.165, 1.54) is 24.8 Å². The van der Waals surface area contributed by atoms with Gasteiger partial charge in [-0.3, -0.25) is 4.79 Å². The smallest absolute Gasteiger partial charge is 0.255 e. The minimum absolute atomic E-state index is 0.0910. The minimum Gasteiger partial charge on any atom is -0.326 e. The Labute approximate surface area is 148 Å². The highest BCUT2D eigenvalue weighted by Gasteiger charge is 2.39. The van der Waals surface area contributed by atoms with Crippen molar-refractivity contribution in [2.75, 3.05) is 11.9 Å². The molecule has 0 heterocycles. The molecular weight excluding hydrogens is 310 g/mol. The Bertz CT molecular complexity index is 755. The average Bonchev–Trinajstić information content (AvgIpc) is 3.55. The van der Waals surface area contributed by atoms with E-state index in [0.717, 1.165) is 23.7 Å². The lowest BCUT2D eigenvalue weighted by Crippen LogP contribution is -2.20. The van der Waals surface area contributed by atoms with E-state index in [2.05, 4.69) is 16.7 Å². The molecule has 0 radical (unpaired) electrons. The van der Waals surface area contributed by atoms with E-state index >= 15 is 0 Å². The highest BCUT2D eigenvalue weighted by atomic mass is 16.1.